The van der Waals surface area contributed by atoms with E-state index in [1.165, 1.54) is 10.4 Å². The zero-order valence-electron chi connectivity index (χ0n) is 13.6. The van der Waals surface area contributed by atoms with Crippen molar-refractivity contribution >= 4 is 28.8 Å². The lowest BCUT2D eigenvalue weighted by Crippen LogP contribution is -2.42. The van der Waals surface area contributed by atoms with Crippen LogP contribution in [-0.2, 0) is 0 Å². The molecular formula is C22H19NO. The summed E-state index contributed by atoms with van der Waals surface area (Å²) in [5, 5.41) is 4.67. The van der Waals surface area contributed by atoms with Crippen LogP contribution in [0.4, 0.5) is 0 Å². The Morgan fingerprint density at radius 3 is 2.46 bits per heavy atom. The van der Waals surface area contributed by atoms with Crippen LogP contribution >= 0.6 is 0 Å². The van der Waals surface area contributed by atoms with Gasteiger partial charge in [-0.25, -0.2) is 0 Å². The molecule has 24 heavy (non-hydrogen) atoms. The van der Waals surface area contributed by atoms with Crippen molar-refractivity contribution in [1.82, 2.24) is 4.90 Å². The highest BCUT2D eigenvalue weighted by atomic mass is 16.1. The SMILES string of the molecule is CC1C=c2ccccc2=CN1CC(=O)c1ccc2ccccc2c1. The van der Waals surface area contributed by atoms with Gasteiger partial charge in [0.05, 0.1) is 6.54 Å². The quantitative estimate of drug-likeness (QED) is 0.693. The van der Waals surface area contributed by atoms with Crippen LogP contribution in [0.25, 0.3) is 23.0 Å². The number of ketones is 1. The van der Waals surface area contributed by atoms with Crippen LogP contribution < -0.4 is 10.4 Å². The molecule has 0 saturated heterocycles. The van der Waals surface area contributed by atoms with Crippen LogP contribution in [0, 0.1) is 0 Å². The number of carbonyl (C=O) groups is 1. The number of hydrogen-bond donors (Lipinski definition) is 0. The van der Waals surface area contributed by atoms with E-state index in [0.29, 0.717) is 6.54 Å². The number of Topliss-reactive ketones (excluding diaryl/α,β-unsaturated/α-hetero) is 1. The van der Waals surface area contributed by atoms with E-state index in [-0.39, 0.29) is 11.8 Å². The second-order valence-electron chi connectivity index (χ2n) is 6.32. The van der Waals surface area contributed by atoms with Crippen molar-refractivity contribution in [2.45, 2.75) is 13.0 Å². The van der Waals surface area contributed by atoms with Crippen molar-refractivity contribution in [2.75, 3.05) is 6.54 Å². The molecule has 0 bridgehead atoms. The standard InChI is InChI=1S/C22H19NO/c1-16-12-18-7-4-5-9-21(18)14-23(16)15-22(24)20-11-10-17-6-2-3-8-19(17)13-20/h2-14,16H,15H2,1H3. The molecule has 0 aliphatic carbocycles. The number of fused-ring (bicyclic) bond motifs is 2. The minimum atomic E-state index is 0.150. The molecule has 118 valence electrons. The van der Waals surface area contributed by atoms with Crippen molar-refractivity contribution < 1.29 is 4.79 Å². The van der Waals surface area contributed by atoms with E-state index >= 15 is 0 Å². The van der Waals surface area contributed by atoms with Gasteiger partial charge in [-0.1, -0.05) is 66.7 Å². The third-order valence-electron chi connectivity index (χ3n) is 4.64. The van der Waals surface area contributed by atoms with E-state index in [4.69, 9.17) is 0 Å². The van der Waals surface area contributed by atoms with Gasteiger partial charge in [0.2, 0.25) is 0 Å². The summed E-state index contributed by atoms with van der Waals surface area (Å²) < 4.78 is 0. The molecule has 1 aliphatic rings. The zero-order chi connectivity index (χ0) is 16.5. The first-order chi connectivity index (χ1) is 11.7. The predicted octanol–water partition coefficient (Wildman–Crippen LogP) is 2.95. The zero-order valence-corrected chi connectivity index (χ0v) is 13.6. The van der Waals surface area contributed by atoms with Gasteiger partial charge in [-0.15, -0.1) is 0 Å². The molecule has 0 radical (unpaired) electrons. The number of nitrogens with zero attached hydrogens (tertiary/aromatic N) is 1. The molecule has 4 rings (SSSR count). The van der Waals surface area contributed by atoms with Crippen LogP contribution in [-0.4, -0.2) is 23.3 Å². The number of carbonyl (C=O) groups excluding carboxylic acids is 1. The fourth-order valence-corrected chi connectivity index (χ4v) is 3.24. The van der Waals surface area contributed by atoms with Gasteiger partial charge in [0.15, 0.2) is 5.78 Å². The molecule has 3 aromatic carbocycles. The molecular weight excluding hydrogens is 294 g/mol. The highest BCUT2D eigenvalue weighted by Crippen LogP contribution is 2.17. The van der Waals surface area contributed by atoms with Crippen LogP contribution in [0.1, 0.15) is 17.3 Å². The highest BCUT2D eigenvalue weighted by Gasteiger charge is 2.16. The molecule has 3 aromatic rings. The lowest BCUT2D eigenvalue weighted by atomic mass is 10.0. The van der Waals surface area contributed by atoms with Crippen LogP contribution in [0.2, 0.25) is 0 Å². The molecule has 0 amide bonds. The van der Waals surface area contributed by atoms with Crippen molar-refractivity contribution in [3.05, 3.63) is 82.7 Å². The average Bonchev–Trinajstić information content (AvgIpc) is 2.62. The van der Waals surface area contributed by atoms with Gasteiger partial charge < -0.3 is 4.90 Å². The van der Waals surface area contributed by atoms with Gasteiger partial charge >= 0.3 is 0 Å². The van der Waals surface area contributed by atoms with Crippen LogP contribution in [0.15, 0.2) is 66.7 Å². The maximum atomic E-state index is 12.7. The van der Waals surface area contributed by atoms with Gasteiger partial charge in [0, 0.05) is 17.8 Å². The van der Waals surface area contributed by atoms with Crippen molar-refractivity contribution in [3.8, 4) is 0 Å². The highest BCUT2D eigenvalue weighted by molar-refractivity contribution is 6.01. The van der Waals surface area contributed by atoms with Crippen LogP contribution in [0.3, 0.4) is 0 Å². The molecule has 1 atom stereocenters. The number of rotatable bonds is 3. The Morgan fingerprint density at radius 2 is 1.62 bits per heavy atom. The normalized spacial score (nSPS) is 16.2. The monoisotopic (exact) mass is 313 g/mol. The smallest absolute Gasteiger partial charge is 0.182 e. The van der Waals surface area contributed by atoms with Gasteiger partial charge in [-0.2, -0.15) is 0 Å². The van der Waals surface area contributed by atoms with E-state index in [1.807, 2.05) is 48.5 Å². The predicted molar refractivity (Wildman–Crippen MR) is 99.1 cm³/mol. The summed E-state index contributed by atoms with van der Waals surface area (Å²) in [5.74, 6) is 0.150. The lowest BCUT2D eigenvalue weighted by Gasteiger charge is -2.27. The lowest BCUT2D eigenvalue weighted by molar-refractivity contribution is 0.0956. The fraction of sp³-hybridized carbons (Fsp3) is 0.136. The van der Waals surface area contributed by atoms with Crippen molar-refractivity contribution in [1.29, 1.82) is 0 Å². The molecule has 1 unspecified atom stereocenters. The number of hydrogen-bond acceptors (Lipinski definition) is 2. The first-order valence-electron chi connectivity index (χ1n) is 8.27. The molecule has 0 saturated carbocycles. The summed E-state index contributed by atoms with van der Waals surface area (Å²) in [4.78, 5) is 14.8. The molecule has 0 N–H and O–H groups in total. The van der Waals surface area contributed by atoms with Crippen molar-refractivity contribution in [2.24, 2.45) is 0 Å². The van der Waals surface area contributed by atoms with Crippen LogP contribution in [0.5, 0.6) is 0 Å². The topological polar surface area (TPSA) is 20.3 Å². The second kappa shape index (κ2) is 5.97. The Hall–Kier alpha value is -2.87. The number of benzene rings is 3. The Bertz CT molecular complexity index is 1040. The maximum absolute atomic E-state index is 12.7. The summed E-state index contributed by atoms with van der Waals surface area (Å²) in [6, 6.07) is 22.6. The largest absolute Gasteiger partial charge is 0.363 e. The van der Waals surface area contributed by atoms with E-state index in [1.54, 1.807) is 0 Å². The minimum Gasteiger partial charge on any atom is -0.363 e. The summed E-state index contributed by atoms with van der Waals surface area (Å²) >= 11 is 0. The van der Waals surface area contributed by atoms with E-state index in [9.17, 15) is 4.79 Å². The van der Waals surface area contributed by atoms with E-state index in [2.05, 4.69) is 42.3 Å². The molecule has 1 aliphatic heterocycles. The molecule has 2 heteroatoms. The van der Waals surface area contributed by atoms with Gasteiger partial charge in [-0.3, -0.25) is 4.79 Å². The van der Waals surface area contributed by atoms with Gasteiger partial charge in [0.1, 0.15) is 0 Å². The summed E-state index contributed by atoms with van der Waals surface area (Å²) in [5.41, 5.74) is 0.771. The van der Waals surface area contributed by atoms with Gasteiger partial charge in [0.25, 0.3) is 0 Å². The maximum Gasteiger partial charge on any atom is 0.182 e. The third kappa shape index (κ3) is 2.71. The molecule has 0 spiro atoms. The Balaban J connectivity index is 1.62. The summed E-state index contributed by atoms with van der Waals surface area (Å²) in [7, 11) is 0. The summed E-state index contributed by atoms with van der Waals surface area (Å²) in [6.45, 7) is 2.52. The van der Waals surface area contributed by atoms with E-state index < -0.39 is 0 Å². The average molecular weight is 313 g/mol. The molecule has 0 fully saturated rings. The summed E-state index contributed by atoms with van der Waals surface area (Å²) in [6.07, 6.45) is 4.31. The van der Waals surface area contributed by atoms with E-state index in [0.717, 1.165) is 16.3 Å². The van der Waals surface area contributed by atoms with Crippen molar-refractivity contribution in [3.63, 3.8) is 0 Å². The first kappa shape index (κ1) is 14.7. The third-order valence-corrected chi connectivity index (χ3v) is 4.64. The molecule has 0 aromatic heterocycles. The Labute approximate surface area is 141 Å². The molecule has 2 nitrogen and oxygen atoms in total. The Morgan fingerprint density at radius 1 is 0.917 bits per heavy atom. The second-order valence-corrected chi connectivity index (χ2v) is 6.32. The minimum absolute atomic E-state index is 0.150. The fourth-order valence-electron chi connectivity index (χ4n) is 3.24. The Kier molecular flexibility index (Phi) is 3.66. The molecule has 1 heterocycles. The van der Waals surface area contributed by atoms with Gasteiger partial charge in [-0.05, 0) is 34.2 Å². The first-order valence-corrected chi connectivity index (χ1v) is 8.27.